The molecule has 0 fully saturated rings. The van der Waals surface area contributed by atoms with Crippen molar-refractivity contribution < 1.29 is 13.2 Å². The molecule has 2 N–H and O–H groups in total. The van der Waals surface area contributed by atoms with E-state index >= 15 is 0 Å². The summed E-state index contributed by atoms with van der Waals surface area (Å²) < 4.78 is 27.2. The SMILES string of the molecule is CC(C)CCNS(=O)(=O)c1cccc(C(=O)Nc2ccc(C#N)cc2)c1. The summed E-state index contributed by atoms with van der Waals surface area (Å²) in [6, 6.07) is 14.3. The minimum absolute atomic E-state index is 0.0498. The van der Waals surface area contributed by atoms with Crippen molar-refractivity contribution in [2.75, 3.05) is 11.9 Å². The molecule has 0 bridgehead atoms. The molecular weight excluding hydrogens is 350 g/mol. The summed E-state index contributed by atoms with van der Waals surface area (Å²) in [6.07, 6.45) is 0.734. The van der Waals surface area contributed by atoms with E-state index in [1.165, 1.54) is 18.2 Å². The van der Waals surface area contributed by atoms with Gasteiger partial charge in [0.1, 0.15) is 0 Å². The van der Waals surface area contributed by atoms with E-state index in [0.29, 0.717) is 23.7 Å². The molecule has 0 unspecified atom stereocenters. The minimum Gasteiger partial charge on any atom is -0.322 e. The molecule has 0 heterocycles. The van der Waals surface area contributed by atoms with Gasteiger partial charge in [0.25, 0.3) is 5.91 Å². The van der Waals surface area contributed by atoms with Gasteiger partial charge in [-0.25, -0.2) is 13.1 Å². The molecular formula is C19H21N3O3S. The van der Waals surface area contributed by atoms with Gasteiger partial charge in [-0.3, -0.25) is 4.79 Å². The third-order valence-electron chi connectivity index (χ3n) is 3.69. The van der Waals surface area contributed by atoms with E-state index in [9.17, 15) is 13.2 Å². The van der Waals surface area contributed by atoms with E-state index in [0.717, 1.165) is 6.42 Å². The number of sulfonamides is 1. The lowest BCUT2D eigenvalue weighted by atomic mass is 10.1. The Kier molecular flexibility index (Phi) is 6.50. The zero-order valence-electron chi connectivity index (χ0n) is 14.7. The molecule has 0 aliphatic rings. The zero-order valence-corrected chi connectivity index (χ0v) is 15.5. The second kappa shape index (κ2) is 8.61. The van der Waals surface area contributed by atoms with Crippen molar-refractivity contribution in [3.63, 3.8) is 0 Å². The Morgan fingerprint density at radius 1 is 1.15 bits per heavy atom. The van der Waals surface area contributed by atoms with Gasteiger partial charge < -0.3 is 5.32 Å². The molecule has 136 valence electrons. The number of amides is 1. The Labute approximate surface area is 153 Å². The fraction of sp³-hybridized carbons (Fsp3) is 0.263. The number of carbonyl (C=O) groups is 1. The van der Waals surface area contributed by atoms with Crippen molar-refractivity contribution in [3.8, 4) is 6.07 Å². The Bertz CT molecular complexity index is 914. The predicted molar refractivity (Wildman–Crippen MR) is 100 cm³/mol. The van der Waals surface area contributed by atoms with Crippen LogP contribution in [0, 0.1) is 17.2 Å². The van der Waals surface area contributed by atoms with E-state index < -0.39 is 15.9 Å². The highest BCUT2D eigenvalue weighted by molar-refractivity contribution is 7.89. The zero-order chi connectivity index (χ0) is 19.2. The topological polar surface area (TPSA) is 99.1 Å². The van der Waals surface area contributed by atoms with Crippen molar-refractivity contribution in [2.45, 2.75) is 25.2 Å². The number of nitrogens with one attached hydrogen (secondary N) is 2. The maximum absolute atomic E-state index is 12.4. The van der Waals surface area contributed by atoms with Gasteiger partial charge in [0.05, 0.1) is 16.5 Å². The summed E-state index contributed by atoms with van der Waals surface area (Å²) in [7, 11) is -3.66. The second-order valence-corrected chi connectivity index (χ2v) is 8.02. The molecule has 26 heavy (non-hydrogen) atoms. The molecule has 0 aromatic heterocycles. The highest BCUT2D eigenvalue weighted by atomic mass is 32.2. The number of hydrogen-bond acceptors (Lipinski definition) is 4. The first kappa shape index (κ1) is 19.6. The normalized spacial score (nSPS) is 11.2. The molecule has 0 aliphatic carbocycles. The lowest BCUT2D eigenvalue weighted by Crippen LogP contribution is -2.26. The average Bonchev–Trinajstić information content (AvgIpc) is 2.62. The number of nitriles is 1. The third kappa shape index (κ3) is 5.41. The Morgan fingerprint density at radius 3 is 2.46 bits per heavy atom. The molecule has 0 saturated heterocycles. The van der Waals surface area contributed by atoms with Crippen LogP contribution in [0.4, 0.5) is 5.69 Å². The molecule has 7 heteroatoms. The first-order valence-corrected chi connectivity index (χ1v) is 9.71. The fourth-order valence-corrected chi connectivity index (χ4v) is 3.29. The molecule has 6 nitrogen and oxygen atoms in total. The molecule has 2 aromatic rings. The summed E-state index contributed by atoms with van der Waals surface area (Å²) in [5.41, 5.74) is 1.25. The van der Waals surface area contributed by atoms with Crippen LogP contribution in [0.5, 0.6) is 0 Å². The van der Waals surface area contributed by atoms with Crippen LogP contribution >= 0.6 is 0 Å². The van der Waals surface area contributed by atoms with Crippen molar-refractivity contribution in [3.05, 3.63) is 59.7 Å². The summed E-state index contributed by atoms with van der Waals surface area (Å²) >= 11 is 0. The fourth-order valence-electron chi connectivity index (χ4n) is 2.20. The highest BCUT2D eigenvalue weighted by Gasteiger charge is 2.16. The van der Waals surface area contributed by atoms with Crippen LogP contribution in [0.2, 0.25) is 0 Å². The first-order chi connectivity index (χ1) is 12.3. The van der Waals surface area contributed by atoms with Crippen LogP contribution < -0.4 is 10.0 Å². The molecule has 0 spiro atoms. The van der Waals surface area contributed by atoms with Crippen molar-refractivity contribution >= 4 is 21.6 Å². The van der Waals surface area contributed by atoms with E-state index in [4.69, 9.17) is 5.26 Å². The summed E-state index contributed by atoms with van der Waals surface area (Å²) in [5, 5.41) is 11.5. The van der Waals surface area contributed by atoms with Crippen LogP contribution in [0.25, 0.3) is 0 Å². The van der Waals surface area contributed by atoms with Crippen molar-refractivity contribution in [1.29, 1.82) is 5.26 Å². The van der Waals surface area contributed by atoms with Crippen LogP contribution in [-0.2, 0) is 10.0 Å². The maximum atomic E-state index is 12.4. The molecule has 0 aliphatic heterocycles. The summed E-state index contributed by atoms with van der Waals surface area (Å²) in [4.78, 5) is 12.4. The van der Waals surface area contributed by atoms with Crippen molar-refractivity contribution in [1.82, 2.24) is 4.72 Å². The summed E-state index contributed by atoms with van der Waals surface area (Å²) in [6.45, 7) is 4.38. The van der Waals surface area contributed by atoms with Crippen molar-refractivity contribution in [2.24, 2.45) is 5.92 Å². The number of anilines is 1. The average molecular weight is 371 g/mol. The van der Waals surface area contributed by atoms with Gasteiger partial charge in [0.2, 0.25) is 10.0 Å². The summed E-state index contributed by atoms with van der Waals surface area (Å²) in [5.74, 6) is -0.0313. The number of rotatable bonds is 7. The van der Waals surface area contributed by atoms with Gasteiger partial charge in [0, 0.05) is 17.8 Å². The van der Waals surface area contributed by atoms with Crippen LogP contribution in [0.15, 0.2) is 53.4 Å². The van der Waals surface area contributed by atoms with Gasteiger partial charge in [0.15, 0.2) is 0 Å². The number of carbonyl (C=O) groups excluding carboxylic acids is 1. The standard InChI is InChI=1S/C19H21N3O3S/c1-14(2)10-11-21-26(24,25)18-5-3-4-16(12-18)19(23)22-17-8-6-15(13-20)7-9-17/h3-9,12,14,21H,10-11H2,1-2H3,(H,22,23). The monoisotopic (exact) mass is 371 g/mol. The number of hydrogen-bond donors (Lipinski definition) is 2. The van der Waals surface area contributed by atoms with Gasteiger partial charge in [-0.1, -0.05) is 19.9 Å². The van der Waals surface area contributed by atoms with E-state index in [-0.39, 0.29) is 10.5 Å². The second-order valence-electron chi connectivity index (χ2n) is 6.25. The molecule has 2 aromatic carbocycles. The molecule has 0 radical (unpaired) electrons. The van der Waals surface area contributed by atoms with Gasteiger partial charge in [-0.05, 0) is 54.8 Å². The van der Waals surface area contributed by atoms with Crippen LogP contribution in [0.1, 0.15) is 36.2 Å². The van der Waals surface area contributed by atoms with Crippen LogP contribution in [-0.4, -0.2) is 20.9 Å². The Morgan fingerprint density at radius 2 is 1.85 bits per heavy atom. The largest absolute Gasteiger partial charge is 0.322 e. The quantitative estimate of drug-likeness (QED) is 0.781. The van der Waals surface area contributed by atoms with E-state index in [1.807, 2.05) is 19.9 Å². The van der Waals surface area contributed by atoms with Gasteiger partial charge in [-0.2, -0.15) is 5.26 Å². The van der Waals surface area contributed by atoms with Gasteiger partial charge >= 0.3 is 0 Å². The van der Waals surface area contributed by atoms with Crippen LogP contribution in [0.3, 0.4) is 0 Å². The first-order valence-electron chi connectivity index (χ1n) is 8.23. The molecule has 0 atom stereocenters. The number of benzene rings is 2. The number of nitrogens with zero attached hydrogens (tertiary/aromatic N) is 1. The lowest BCUT2D eigenvalue weighted by Gasteiger charge is -2.10. The Hall–Kier alpha value is -2.69. The minimum atomic E-state index is -3.66. The highest BCUT2D eigenvalue weighted by Crippen LogP contribution is 2.15. The Balaban J connectivity index is 2.12. The van der Waals surface area contributed by atoms with E-state index in [1.54, 1.807) is 30.3 Å². The molecule has 1 amide bonds. The third-order valence-corrected chi connectivity index (χ3v) is 5.15. The molecule has 0 saturated carbocycles. The maximum Gasteiger partial charge on any atom is 0.255 e. The van der Waals surface area contributed by atoms with E-state index in [2.05, 4.69) is 10.0 Å². The predicted octanol–water partition coefficient (Wildman–Crippen LogP) is 3.13. The lowest BCUT2D eigenvalue weighted by molar-refractivity contribution is 0.102. The van der Waals surface area contributed by atoms with Gasteiger partial charge in [-0.15, -0.1) is 0 Å². The molecule has 2 rings (SSSR count). The smallest absolute Gasteiger partial charge is 0.255 e.